The van der Waals surface area contributed by atoms with E-state index in [0.29, 0.717) is 43.8 Å². The quantitative estimate of drug-likeness (QED) is 0.432. The van der Waals surface area contributed by atoms with Crippen LogP contribution in [-0.4, -0.2) is 76.2 Å². The van der Waals surface area contributed by atoms with Gasteiger partial charge in [0.2, 0.25) is 5.91 Å². The number of hydrogen-bond acceptors (Lipinski definition) is 8. The van der Waals surface area contributed by atoms with Crippen molar-refractivity contribution in [1.29, 1.82) is 0 Å². The fourth-order valence-electron chi connectivity index (χ4n) is 4.08. The molecule has 3 heterocycles. The molecule has 0 unspecified atom stereocenters. The highest BCUT2D eigenvalue weighted by molar-refractivity contribution is 5.84. The summed E-state index contributed by atoms with van der Waals surface area (Å²) in [5.74, 6) is 2.35. The number of ether oxygens (including phenoxy) is 2. The van der Waals surface area contributed by atoms with Crippen LogP contribution >= 0.6 is 0 Å². The highest BCUT2D eigenvalue weighted by Gasteiger charge is 2.25. The summed E-state index contributed by atoms with van der Waals surface area (Å²) in [5, 5.41) is 8.67. The van der Waals surface area contributed by atoms with Crippen LogP contribution in [0.4, 0.5) is 5.82 Å². The Bertz CT molecular complexity index is 1300. The molecule has 0 spiro atoms. The van der Waals surface area contributed by atoms with Crippen molar-refractivity contribution in [3.63, 3.8) is 0 Å². The summed E-state index contributed by atoms with van der Waals surface area (Å²) in [6.07, 6.45) is 1.90. The molecule has 4 aromatic rings. The maximum absolute atomic E-state index is 12.8. The summed E-state index contributed by atoms with van der Waals surface area (Å²) < 4.78 is 12.2. The van der Waals surface area contributed by atoms with Crippen molar-refractivity contribution in [1.82, 2.24) is 29.9 Å². The van der Waals surface area contributed by atoms with Gasteiger partial charge in [0.15, 0.2) is 17.0 Å². The van der Waals surface area contributed by atoms with E-state index in [1.807, 2.05) is 53.4 Å². The number of amides is 1. The number of benzene rings is 2. The highest BCUT2D eigenvalue weighted by Crippen LogP contribution is 2.25. The van der Waals surface area contributed by atoms with Crippen LogP contribution in [0.1, 0.15) is 5.56 Å². The molecule has 2 aromatic carbocycles. The van der Waals surface area contributed by atoms with Crippen LogP contribution in [-0.2, 0) is 11.2 Å². The summed E-state index contributed by atoms with van der Waals surface area (Å²) in [6.45, 7) is 2.55. The molecule has 0 radical (unpaired) electrons. The van der Waals surface area contributed by atoms with Crippen molar-refractivity contribution < 1.29 is 14.3 Å². The summed E-state index contributed by atoms with van der Waals surface area (Å²) in [4.78, 5) is 25.7. The van der Waals surface area contributed by atoms with Gasteiger partial charge >= 0.3 is 0 Å². The molecule has 0 aliphatic carbocycles. The molecule has 10 nitrogen and oxygen atoms in total. The van der Waals surface area contributed by atoms with Gasteiger partial charge in [-0.2, -0.15) is 4.68 Å². The van der Waals surface area contributed by atoms with Gasteiger partial charge in [-0.25, -0.2) is 9.97 Å². The molecular weight excluding hydrogens is 434 g/mol. The molecule has 0 atom stereocenters. The molecule has 1 fully saturated rings. The van der Waals surface area contributed by atoms with Crippen molar-refractivity contribution in [2.24, 2.45) is 0 Å². The van der Waals surface area contributed by atoms with Crippen LogP contribution in [0.15, 0.2) is 54.9 Å². The average molecular weight is 460 g/mol. The largest absolute Gasteiger partial charge is 0.497 e. The normalized spacial score (nSPS) is 13.8. The third-order valence-corrected chi connectivity index (χ3v) is 5.96. The molecule has 10 heteroatoms. The van der Waals surface area contributed by atoms with Crippen molar-refractivity contribution in [3.8, 4) is 17.2 Å². The third-order valence-electron chi connectivity index (χ3n) is 5.96. The number of carbonyl (C=O) groups excluding carboxylic acids is 1. The minimum Gasteiger partial charge on any atom is -0.497 e. The van der Waals surface area contributed by atoms with Crippen LogP contribution in [0.25, 0.3) is 16.9 Å². The molecule has 0 N–H and O–H groups in total. The first-order valence-corrected chi connectivity index (χ1v) is 11.0. The lowest BCUT2D eigenvalue weighted by Gasteiger charge is -2.35. The number of hydrogen-bond donors (Lipinski definition) is 0. The molecule has 2 aromatic heterocycles. The Labute approximate surface area is 196 Å². The summed E-state index contributed by atoms with van der Waals surface area (Å²) in [7, 11) is 3.25. The molecule has 1 amide bonds. The molecule has 0 saturated carbocycles. The molecule has 1 aliphatic heterocycles. The lowest BCUT2D eigenvalue weighted by Crippen LogP contribution is -2.49. The maximum Gasteiger partial charge on any atom is 0.227 e. The molecular formula is C24H25N7O3. The predicted molar refractivity (Wildman–Crippen MR) is 126 cm³/mol. The van der Waals surface area contributed by atoms with E-state index in [9.17, 15) is 4.79 Å². The Balaban J connectivity index is 1.29. The lowest BCUT2D eigenvalue weighted by atomic mass is 10.1. The molecule has 174 valence electrons. The van der Waals surface area contributed by atoms with Gasteiger partial charge < -0.3 is 19.3 Å². The maximum atomic E-state index is 12.8. The van der Waals surface area contributed by atoms with Crippen LogP contribution in [0, 0.1) is 0 Å². The van der Waals surface area contributed by atoms with Gasteiger partial charge in [0.25, 0.3) is 0 Å². The SMILES string of the molecule is COc1ccc(CC(=O)N2CCN(c3ncnc4c3nnn4-c3cccc(OC)c3)CC2)cc1. The van der Waals surface area contributed by atoms with Crippen LogP contribution < -0.4 is 14.4 Å². The Morgan fingerprint density at radius 3 is 2.44 bits per heavy atom. The van der Waals surface area contributed by atoms with Crippen LogP contribution in [0.3, 0.4) is 0 Å². The summed E-state index contributed by atoms with van der Waals surface area (Å²) in [5.41, 5.74) is 3.03. The van der Waals surface area contributed by atoms with E-state index in [0.717, 1.165) is 28.6 Å². The summed E-state index contributed by atoms with van der Waals surface area (Å²) in [6, 6.07) is 15.2. The van der Waals surface area contributed by atoms with E-state index in [4.69, 9.17) is 9.47 Å². The smallest absolute Gasteiger partial charge is 0.227 e. The second-order valence-corrected chi connectivity index (χ2v) is 7.96. The first-order valence-electron chi connectivity index (χ1n) is 11.0. The standard InChI is InChI=1S/C24H25N7O3/c1-33-19-8-6-17(7-9-19)14-21(32)29-10-12-30(13-11-29)23-22-24(26-16-25-23)31(28-27-22)18-4-3-5-20(15-18)34-2/h3-9,15-16H,10-14H2,1-2H3. The van der Waals surface area contributed by atoms with Gasteiger partial charge in [0.1, 0.15) is 17.8 Å². The Morgan fingerprint density at radius 1 is 0.941 bits per heavy atom. The van der Waals surface area contributed by atoms with Crippen molar-refractivity contribution in [2.45, 2.75) is 6.42 Å². The van der Waals surface area contributed by atoms with E-state index < -0.39 is 0 Å². The van der Waals surface area contributed by atoms with Crippen molar-refractivity contribution >= 4 is 22.9 Å². The number of carbonyl (C=O) groups is 1. The monoisotopic (exact) mass is 459 g/mol. The zero-order chi connectivity index (χ0) is 23.5. The van der Waals surface area contributed by atoms with E-state index in [2.05, 4.69) is 25.2 Å². The van der Waals surface area contributed by atoms with Gasteiger partial charge in [-0.1, -0.05) is 23.4 Å². The number of anilines is 1. The number of aromatic nitrogens is 5. The molecule has 34 heavy (non-hydrogen) atoms. The van der Waals surface area contributed by atoms with Crippen LogP contribution in [0.2, 0.25) is 0 Å². The second kappa shape index (κ2) is 9.34. The second-order valence-electron chi connectivity index (χ2n) is 7.96. The first-order chi connectivity index (χ1) is 16.7. The fourth-order valence-corrected chi connectivity index (χ4v) is 4.08. The van der Waals surface area contributed by atoms with Crippen molar-refractivity contribution in [3.05, 3.63) is 60.4 Å². The predicted octanol–water partition coefficient (Wildman–Crippen LogP) is 2.12. The molecule has 5 rings (SSSR count). The Morgan fingerprint density at radius 2 is 1.71 bits per heavy atom. The molecule has 1 saturated heterocycles. The highest BCUT2D eigenvalue weighted by atomic mass is 16.5. The topological polar surface area (TPSA) is 98.5 Å². The zero-order valence-corrected chi connectivity index (χ0v) is 19.1. The third kappa shape index (κ3) is 4.21. The fraction of sp³-hybridized carbons (Fsp3) is 0.292. The molecule has 1 aliphatic rings. The number of rotatable bonds is 6. The van der Waals surface area contributed by atoms with Crippen LogP contribution in [0.5, 0.6) is 11.5 Å². The number of fused-ring (bicyclic) bond motifs is 1. The van der Waals surface area contributed by atoms with Crippen molar-refractivity contribution in [2.75, 3.05) is 45.3 Å². The Hall–Kier alpha value is -4.21. The number of nitrogens with zero attached hydrogens (tertiary/aromatic N) is 7. The van der Waals surface area contributed by atoms with Gasteiger partial charge in [-0.05, 0) is 29.8 Å². The van der Waals surface area contributed by atoms with E-state index >= 15 is 0 Å². The minimum absolute atomic E-state index is 0.113. The minimum atomic E-state index is 0.113. The lowest BCUT2D eigenvalue weighted by molar-refractivity contribution is -0.130. The van der Waals surface area contributed by atoms with E-state index in [-0.39, 0.29) is 5.91 Å². The molecule has 0 bridgehead atoms. The zero-order valence-electron chi connectivity index (χ0n) is 19.1. The van der Waals surface area contributed by atoms with Gasteiger partial charge in [0, 0.05) is 32.2 Å². The number of methoxy groups -OCH3 is 2. The first kappa shape index (κ1) is 21.6. The van der Waals surface area contributed by atoms with Gasteiger partial charge in [-0.15, -0.1) is 5.10 Å². The van der Waals surface area contributed by atoms with Gasteiger partial charge in [-0.3, -0.25) is 4.79 Å². The number of piperazine rings is 1. The van der Waals surface area contributed by atoms with Gasteiger partial charge in [0.05, 0.1) is 26.3 Å². The summed E-state index contributed by atoms with van der Waals surface area (Å²) >= 11 is 0. The van der Waals surface area contributed by atoms with E-state index in [1.165, 1.54) is 6.33 Å². The average Bonchev–Trinajstić information content (AvgIpc) is 3.34. The Kier molecular flexibility index (Phi) is 5.94. The van der Waals surface area contributed by atoms with E-state index in [1.54, 1.807) is 18.9 Å².